The van der Waals surface area contributed by atoms with E-state index in [1.807, 2.05) is 0 Å². The average Bonchev–Trinajstić information content (AvgIpc) is 2.54. The van der Waals surface area contributed by atoms with Crippen molar-refractivity contribution in [2.45, 2.75) is 32.1 Å². The summed E-state index contributed by atoms with van der Waals surface area (Å²) in [6.45, 7) is 0. The minimum atomic E-state index is 0.00685. The Balaban J connectivity index is 2.36. The van der Waals surface area contributed by atoms with Gasteiger partial charge in [-0.25, -0.2) is 4.52 Å². The summed E-state index contributed by atoms with van der Waals surface area (Å²) < 4.78 is 1.77. The summed E-state index contributed by atoms with van der Waals surface area (Å²) in [6.07, 6.45) is 6.68. The van der Waals surface area contributed by atoms with Crippen LogP contribution in [-0.2, 0) is 12.8 Å². The lowest BCUT2D eigenvalue weighted by molar-refractivity contribution is 0.702. The number of aromatic nitrogens is 4. The molecule has 78 valence electrons. The maximum atomic E-state index is 11.8. The van der Waals surface area contributed by atoms with Crippen molar-refractivity contribution in [2.24, 2.45) is 0 Å². The molecule has 0 saturated carbocycles. The molecule has 1 aliphatic carbocycles. The minimum absolute atomic E-state index is 0.00685. The molecule has 0 aliphatic heterocycles. The van der Waals surface area contributed by atoms with Gasteiger partial charge in [-0.3, -0.25) is 9.78 Å². The normalized spacial score (nSPS) is 16.3. The molecule has 1 aliphatic rings. The van der Waals surface area contributed by atoms with Crippen LogP contribution in [0.4, 0.5) is 0 Å². The molecule has 5 nitrogen and oxygen atoms in total. The Morgan fingerprint density at radius 3 is 3.07 bits per heavy atom. The number of nitrogens with one attached hydrogen (secondary N) is 1. The summed E-state index contributed by atoms with van der Waals surface area (Å²) in [5.74, 6) is 0.556. The molecule has 15 heavy (non-hydrogen) atoms. The standard InChI is InChI=1S/C10H12N4O/c15-9-7-4-2-1-3-5-8(7)14-10(13-9)11-6-12-14/h6H,1-5H2,(H,11,12,13,15). The van der Waals surface area contributed by atoms with Gasteiger partial charge in [-0.05, 0) is 25.7 Å². The molecule has 5 heteroatoms. The van der Waals surface area contributed by atoms with Crippen LogP contribution in [0.2, 0.25) is 0 Å². The first-order valence-corrected chi connectivity index (χ1v) is 5.30. The Labute approximate surface area is 86.2 Å². The van der Waals surface area contributed by atoms with Crippen molar-refractivity contribution < 1.29 is 0 Å². The molecule has 0 saturated heterocycles. The number of aromatic amines is 1. The molecule has 3 rings (SSSR count). The van der Waals surface area contributed by atoms with Crippen molar-refractivity contribution in [3.8, 4) is 0 Å². The van der Waals surface area contributed by atoms with Crippen molar-refractivity contribution in [3.05, 3.63) is 27.9 Å². The zero-order chi connectivity index (χ0) is 10.3. The number of hydrogen-bond donors (Lipinski definition) is 1. The highest BCUT2D eigenvalue weighted by molar-refractivity contribution is 5.32. The van der Waals surface area contributed by atoms with Crippen LogP contribution in [0, 0.1) is 0 Å². The summed E-state index contributed by atoms with van der Waals surface area (Å²) in [5, 5.41) is 4.15. The van der Waals surface area contributed by atoms with E-state index in [4.69, 9.17) is 0 Å². The number of H-pyrrole nitrogens is 1. The Bertz CT molecular complexity index is 554. The first-order chi connectivity index (χ1) is 7.36. The van der Waals surface area contributed by atoms with E-state index in [0.29, 0.717) is 5.78 Å². The molecular weight excluding hydrogens is 192 g/mol. The summed E-state index contributed by atoms with van der Waals surface area (Å²) in [7, 11) is 0. The van der Waals surface area contributed by atoms with Gasteiger partial charge in [-0.1, -0.05) is 6.42 Å². The van der Waals surface area contributed by atoms with Crippen LogP contribution in [0.25, 0.3) is 5.78 Å². The third-order valence-electron chi connectivity index (χ3n) is 2.99. The minimum Gasteiger partial charge on any atom is -0.291 e. The second-order valence-electron chi connectivity index (χ2n) is 3.94. The van der Waals surface area contributed by atoms with Crippen molar-refractivity contribution in [1.82, 2.24) is 19.6 Å². The SMILES string of the molecule is O=c1[nH]c2ncnn2c2c1CCCCC2. The Morgan fingerprint density at radius 2 is 2.13 bits per heavy atom. The first kappa shape index (κ1) is 8.64. The monoisotopic (exact) mass is 204 g/mol. The fraction of sp³-hybridized carbons (Fsp3) is 0.500. The lowest BCUT2D eigenvalue weighted by Gasteiger charge is -2.05. The summed E-state index contributed by atoms with van der Waals surface area (Å²) in [5.41, 5.74) is 1.95. The van der Waals surface area contributed by atoms with Gasteiger partial charge >= 0.3 is 0 Å². The van der Waals surface area contributed by atoms with Crippen LogP contribution in [-0.4, -0.2) is 19.6 Å². The second kappa shape index (κ2) is 3.18. The van der Waals surface area contributed by atoms with Crippen LogP contribution >= 0.6 is 0 Å². The van der Waals surface area contributed by atoms with E-state index in [9.17, 15) is 4.79 Å². The third-order valence-corrected chi connectivity index (χ3v) is 2.99. The van der Waals surface area contributed by atoms with Gasteiger partial charge in [-0.2, -0.15) is 10.1 Å². The molecular formula is C10H12N4O. The lowest BCUT2D eigenvalue weighted by Crippen LogP contribution is -2.19. The van der Waals surface area contributed by atoms with Crippen LogP contribution in [0.1, 0.15) is 30.5 Å². The van der Waals surface area contributed by atoms with E-state index in [2.05, 4.69) is 15.1 Å². The molecule has 0 radical (unpaired) electrons. The predicted molar refractivity (Wildman–Crippen MR) is 54.9 cm³/mol. The molecule has 0 amide bonds. The number of hydrogen-bond acceptors (Lipinski definition) is 3. The lowest BCUT2D eigenvalue weighted by atomic mass is 10.1. The largest absolute Gasteiger partial charge is 0.291 e. The Morgan fingerprint density at radius 1 is 1.27 bits per heavy atom. The van der Waals surface area contributed by atoms with E-state index in [0.717, 1.165) is 36.9 Å². The smallest absolute Gasteiger partial charge is 0.255 e. The number of aryl methyl sites for hydroxylation is 1. The van der Waals surface area contributed by atoms with Gasteiger partial charge in [0.2, 0.25) is 5.78 Å². The van der Waals surface area contributed by atoms with E-state index in [1.54, 1.807) is 4.52 Å². The first-order valence-electron chi connectivity index (χ1n) is 5.30. The zero-order valence-electron chi connectivity index (χ0n) is 8.36. The average molecular weight is 204 g/mol. The van der Waals surface area contributed by atoms with Crippen molar-refractivity contribution >= 4 is 5.78 Å². The van der Waals surface area contributed by atoms with Crippen molar-refractivity contribution in [2.75, 3.05) is 0 Å². The highest BCUT2D eigenvalue weighted by atomic mass is 16.1. The van der Waals surface area contributed by atoms with Gasteiger partial charge < -0.3 is 0 Å². The maximum absolute atomic E-state index is 11.8. The second-order valence-corrected chi connectivity index (χ2v) is 3.94. The molecule has 0 bridgehead atoms. The van der Waals surface area contributed by atoms with Crippen molar-refractivity contribution in [3.63, 3.8) is 0 Å². The van der Waals surface area contributed by atoms with Crippen LogP contribution < -0.4 is 5.56 Å². The molecule has 2 aromatic rings. The van der Waals surface area contributed by atoms with E-state index >= 15 is 0 Å². The van der Waals surface area contributed by atoms with E-state index < -0.39 is 0 Å². The zero-order valence-corrected chi connectivity index (χ0v) is 8.36. The van der Waals surface area contributed by atoms with Gasteiger partial charge in [0.15, 0.2) is 0 Å². The van der Waals surface area contributed by atoms with Gasteiger partial charge in [-0.15, -0.1) is 0 Å². The quantitative estimate of drug-likeness (QED) is 0.642. The Kier molecular flexibility index (Phi) is 1.83. The summed E-state index contributed by atoms with van der Waals surface area (Å²) >= 11 is 0. The topological polar surface area (TPSA) is 63.0 Å². The fourth-order valence-corrected chi connectivity index (χ4v) is 2.25. The number of nitrogens with zero attached hydrogens (tertiary/aromatic N) is 3. The molecule has 0 atom stereocenters. The Hall–Kier alpha value is -1.65. The molecule has 2 heterocycles. The van der Waals surface area contributed by atoms with E-state index in [-0.39, 0.29) is 5.56 Å². The third kappa shape index (κ3) is 1.26. The fourth-order valence-electron chi connectivity index (χ4n) is 2.25. The summed E-state index contributed by atoms with van der Waals surface area (Å²) in [6, 6.07) is 0. The van der Waals surface area contributed by atoms with Crippen LogP contribution in [0.3, 0.4) is 0 Å². The molecule has 2 aromatic heterocycles. The van der Waals surface area contributed by atoms with Gasteiger partial charge in [0.25, 0.3) is 5.56 Å². The number of fused-ring (bicyclic) bond motifs is 3. The number of rotatable bonds is 0. The molecule has 1 N–H and O–H groups in total. The maximum Gasteiger partial charge on any atom is 0.255 e. The predicted octanol–water partition coefficient (Wildman–Crippen LogP) is 0.686. The van der Waals surface area contributed by atoms with Crippen LogP contribution in [0.5, 0.6) is 0 Å². The molecule has 0 unspecified atom stereocenters. The molecule has 0 spiro atoms. The van der Waals surface area contributed by atoms with Gasteiger partial charge in [0, 0.05) is 5.56 Å². The molecule has 0 aromatic carbocycles. The van der Waals surface area contributed by atoms with Crippen molar-refractivity contribution in [1.29, 1.82) is 0 Å². The van der Waals surface area contributed by atoms with Gasteiger partial charge in [0.1, 0.15) is 6.33 Å². The van der Waals surface area contributed by atoms with Gasteiger partial charge in [0.05, 0.1) is 5.69 Å². The van der Waals surface area contributed by atoms with Crippen LogP contribution in [0.15, 0.2) is 11.1 Å². The van der Waals surface area contributed by atoms with E-state index in [1.165, 1.54) is 12.7 Å². The highest BCUT2D eigenvalue weighted by Gasteiger charge is 2.15. The molecule has 0 fully saturated rings. The highest BCUT2D eigenvalue weighted by Crippen LogP contribution is 2.17. The summed E-state index contributed by atoms with van der Waals surface area (Å²) in [4.78, 5) is 18.6.